The lowest BCUT2D eigenvalue weighted by Gasteiger charge is -2.19. The number of nitrogens with one attached hydrogen (secondary N) is 1. The van der Waals surface area contributed by atoms with Crippen LogP contribution in [0.2, 0.25) is 0 Å². The molecule has 2 aliphatic carbocycles. The number of aromatic nitrogens is 1. The van der Waals surface area contributed by atoms with Gasteiger partial charge in [0.2, 0.25) is 0 Å². The second-order valence-corrected chi connectivity index (χ2v) is 10.8. The van der Waals surface area contributed by atoms with Crippen molar-refractivity contribution in [3.8, 4) is 11.1 Å². The molecule has 3 nitrogen and oxygen atoms in total. The molecule has 1 heterocycles. The van der Waals surface area contributed by atoms with E-state index in [-0.39, 0.29) is 11.3 Å². The van der Waals surface area contributed by atoms with Gasteiger partial charge in [-0.2, -0.15) is 0 Å². The van der Waals surface area contributed by atoms with Crippen molar-refractivity contribution in [2.45, 2.75) is 71.6 Å². The zero-order valence-electron chi connectivity index (χ0n) is 20.5. The number of rotatable bonds is 4. The van der Waals surface area contributed by atoms with Crippen molar-refractivity contribution in [2.24, 2.45) is 5.92 Å². The Morgan fingerprint density at radius 1 is 1.15 bits per heavy atom. The fraction of sp³-hybridized carbons (Fsp3) is 0.400. The van der Waals surface area contributed by atoms with Crippen LogP contribution in [0.4, 0.5) is 5.69 Å². The fourth-order valence-electron chi connectivity index (χ4n) is 6.16. The van der Waals surface area contributed by atoms with Gasteiger partial charge in [-0.25, -0.2) is 0 Å². The second kappa shape index (κ2) is 8.13. The molecule has 0 spiro atoms. The zero-order valence-corrected chi connectivity index (χ0v) is 20.5. The molecule has 2 unspecified atom stereocenters. The third kappa shape index (κ3) is 3.88. The number of anilines is 1. The van der Waals surface area contributed by atoms with Crippen LogP contribution in [-0.4, -0.2) is 10.9 Å². The van der Waals surface area contributed by atoms with Gasteiger partial charge in [0.1, 0.15) is 5.69 Å². The van der Waals surface area contributed by atoms with Gasteiger partial charge in [-0.3, -0.25) is 9.78 Å². The Labute approximate surface area is 197 Å². The summed E-state index contributed by atoms with van der Waals surface area (Å²) in [6, 6.07) is 14.9. The summed E-state index contributed by atoms with van der Waals surface area (Å²) in [5.41, 5.74) is 10.7. The highest BCUT2D eigenvalue weighted by Gasteiger charge is 2.37. The van der Waals surface area contributed by atoms with Crippen molar-refractivity contribution in [1.82, 2.24) is 4.98 Å². The molecule has 2 atom stereocenters. The molecule has 1 N–H and O–H groups in total. The minimum absolute atomic E-state index is 0.137. The average molecular weight is 439 g/mol. The van der Waals surface area contributed by atoms with Gasteiger partial charge in [0, 0.05) is 11.9 Å². The van der Waals surface area contributed by atoms with Crippen LogP contribution in [0.3, 0.4) is 0 Å². The van der Waals surface area contributed by atoms with Crippen LogP contribution in [0.25, 0.3) is 11.1 Å². The number of carbonyl (C=O) groups excluding carboxylic acids is 1. The van der Waals surface area contributed by atoms with Crippen molar-refractivity contribution in [3.63, 3.8) is 0 Å². The summed E-state index contributed by atoms with van der Waals surface area (Å²) >= 11 is 0. The lowest BCUT2D eigenvalue weighted by Crippen LogP contribution is -2.16. The molecule has 0 saturated carbocycles. The van der Waals surface area contributed by atoms with E-state index in [0.717, 1.165) is 36.9 Å². The minimum atomic E-state index is -0.137. The van der Waals surface area contributed by atoms with Gasteiger partial charge < -0.3 is 5.32 Å². The lowest BCUT2D eigenvalue weighted by atomic mass is 9.86. The SMILES string of the molecule is CCC1CC(C)(C)c2cccc(NC(=O)c3cc(-c4cc(C)cc5c4CC(C)C5)ccn3)c21. The van der Waals surface area contributed by atoms with E-state index in [1.807, 2.05) is 18.2 Å². The van der Waals surface area contributed by atoms with E-state index >= 15 is 0 Å². The van der Waals surface area contributed by atoms with Crippen LogP contribution in [0.1, 0.15) is 84.8 Å². The fourth-order valence-corrected chi connectivity index (χ4v) is 6.16. The first-order valence-corrected chi connectivity index (χ1v) is 12.3. The van der Waals surface area contributed by atoms with Crippen LogP contribution >= 0.6 is 0 Å². The number of fused-ring (bicyclic) bond motifs is 2. The van der Waals surface area contributed by atoms with Crippen LogP contribution in [0.15, 0.2) is 48.7 Å². The molecule has 3 heteroatoms. The van der Waals surface area contributed by atoms with Crippen molar-refractivity contribution in [1.29, 1.82) is 0 Å². The number of amides is 1. The van der Waals surface area contributed by atoms with Crippen molar-refractivity contribution in [3.05, 3.63) is 82.2 Å². The van der Waals surface area contributed by atoms with Gasteiger partial charge in [-0.05, 0) is 101 Å². The van der Waals surface area contributed by atoms with Gasteiger partial charge in [0.05, 0.1) is 0 Å². The predicted octanol–water partition coefficient (Wildman–Crippen LogP) is 7.22. The summed E-state index contributed by atoms with van der Waals surface area (Å²) in [4.78, 5) is 17.8. The molecule has 1 amide bonds. The highest BCUT2D eigenvalue weighted by molar-refractivity contribution is 6.04. The Bertz CT molecular complexity index is 1240. The van der Waals surface area contributed by atoms with Crippen molar-refractivity contribution < 1.29 is 4.79 Å². The molecule has 3 aromatic rings. The van der Waals surface area contributed by atoms with Gasteiger partial charge in [-0.1, -0.05) is 57.5 Å². The monoisotopic (exact) mass is 438 g/mol. The predicted molar refractivity (Wildman–Crippen MR) is 136 cm³/mol. The number of hydrogen-bond donors (Lipinski definition) is 1. The van der Waals surface area contributed by atoms with Crippen LogP contribution in [0.5, 0.6) is 0 Å². The van der Waals surface area contributed by atoms with E-state index in [2.05, 4.69) is 69.2 Å². The first-order chi connectivity index (χ1) is 15.8. The topological polar surface area (TPSA) is 42.0 Å². The maximum Gasteiger partial charge on any atom is 0.274 e. The van der Waals surface area contributed by atoms with Crippen LogP contribution < -0.4 is 5.32 Å². The van der Waals surface area contributed by atoms with E-state index in [1.165, 1.54) is 33.4 Å². The molecule has 0 bridgehead atoms. The molecular weight excluding hydrogens is 404 g/mol. The van der Waals surface area contributed by atoms with E-state index in [1.54, 1.807) is 6.20 Å². The molecule has 170 valence electrons. The zero-order chi connectivity index (χ0) is 23.3. The van der Waals surface area contributed by atoms with Crippen LogP contribution in [-0.2, 0) is 18.3 Å². The smallest absolute Gasteiger partial charge is 0.274 e. The summed E-state index contributed by atoms with van der Waals surface area (Å²) in [5, 5.41) is 3.21. The quantitative estimate of drug-likeness (QED) is 0.467. The normalized spacial score (nSPS) is 20.4. The standard InChI is InChI=1S/C30H34N2O/c1-6-20-17-30(4,5)25-8-7-9-26(28(20)25)32-29(33)27-16-21(10-11-31-27)23-14-18(2)12-22-13-19(3)15-24(22)23/h7-12,14,16,19-20H,6,13,15,17H2,1-5H3,(H,32,33). The number of pyridine rings is 1. The summed E-state index contributed by atoms with van der Waals surface area (Å²) in [6.07, 6.45) is 6.20. The maximum atomic E-state index is 13.3. The van der Waals surface area contributed by atoms with Gasteiger partial charge in [0.25, 0.3) is 5.91 Å². The van der Waals surface area contributed by atoms with E-state index in [0.29, 0.717) is 17.5 Å². The molecule has 2 aliphatic rings. The molecule has 0 radical (unpaired) electrons. The van der Waals surface area contributed by atoms with Crippen LogP contribution in [0, 0.1) is 12.8 Å². The Kier molecular flexibility index (Phi) is 5.39. The summed E-state index contributed by atoms with van der Waals surface area (Å²) in [7, 11) is 0. The molecule has 33 heavy (non-hydrogen) atoms. The van der Waals surface area contributed by atoms with E-state index in [4.69, 9.17) is 0 Å². The number of nitrogens with zero attached hydrogens (tertiary/aromatic N) is 1. The molecule has 1 aromatic heterocycles. The summed E-state index contributed by atoms with van der Waals surface area (Å²) < 4.78 is 0. The molecule has 0 saturated heterocycles. The second-order valence-electron chi connectivity index (χ2n) is 10.8. The Hall–Kier alpha value is -2.94. The third-order valence-electron chi connectivity index (χ3n) is 7.65. The summed E-state index contributed by atoms with van der Waals surface area (Å²) in [5.74, 6) is 1.01. The highest BCUT2D eigenvalue weighted by Crippen LogP contribution is 2.50. The number of carbonyl (C=O) groups is 1. The third-order valence-corrected chi connectivity index (χ3v) is 7.65. The summed E-state index contributed by atoms with van der Waals surface area (Å²) in [6.45, 7) is 11.3. The van der Waals surface area contributed by atoms with Gasteiger partial charge >= 0.3 is 0 Å². The Morgan fingerprint density at radius 2 is 1.97 bits per heavy atom. The lowest BCUT2D eigenvalue weighted by molar-refractivity contribution is 0.102. The Balaban J connectivity index is 1.48. The van der Waals surface area contributed by atoms with Gasteiger partial charge in [-0.15, -0.1) is 0 Å². The number of benzene rings is 2. The molecule has 0 aliphatic heterocycles. The maximum absolute atomic E-state index is 13.3. The van der Waals surface area contributed by atoms with Gasteiger partial charge in [0.15, 0.2) is 0 Å². The van der Waals surface area contributed by atoms with E-state index in [9.17, 15) is 4.79 Å². The molecule has 2 aromatic carbocycles. The minimum Gasteiger partial charge on any atom is -0.320 e. The number of hydrogen-bond acceptors (Lipinski definition) is 2. The average Bonchev–Trinajstić information content (AvgIpc) is 3.29. The molecular formula is C30H34N2O. The molecule has 0 fully saturated rings. The van der Waals surface area contributed by atoms with Crippen molar-refractivity contribution in [2.75, 3.05) is 5.32 Å². The van der Waals surface area contributed by atoms with Crippen molar-refractivity contribution >= 4 is 11.6 Å². The molecule has 5 rings (SSSR count). The van der Waals surface area contributed by atoms with E-state index < -0.39 is 0 Å². The highest BCUT2D eigenvalue weighted by atomic mass is 16.1. The first kappa shape index (κ1) is 21.9. The number of aryl methyl sites for hydroxylation is 1. The Morgan fingerprint density at radius 3 is 2.76 bits per heavy atom. The largest absolute Gasteiger partial charge is 0.320 e. The first-order valence-electron chi connectivity index (χ1n) is 12.3.